The maximum atomic E-state index is 12.3. The molecule has 0 aromatic heterocycles. The summed E-state index contributed by atoms with van der Waals surface area (Å²) in [5.41, 5.74) is 2.29. The summed E-state index contributed by atoms with van der Waals surface area (Å²) in [6.45, 7) is -0.189. The molecule has 0 amide bonds. The van der Waals surface area contributed by atoms with Crippen LogP contribution in [0.25, 0.3) is 0 Å². The Morgan fingerprint density at radius 1 is 0.933 bits per heavy atom. The summed E-state index contributed by atoms with van der Waals surface area (Å²) >= 11 is 9.75. The molecule has 2 rings (SSSR count). The molecule has 0 heterocycles. The third-order valence-electron chi connectivity index (χ3n) is 3.15. The highest BCUT2D eigenvalue weighted by atomic mass is 79.9. The molecule has 30 heavy (non-hydrogen) atoms. The summed E-state index contributed by atoms with van der Waals surface area (Å²) in [5.74, 6) is -0.667. The number of halogens is 4. The second-order valence-electron chi connectivity index (χ2n) is 5.35. The van der Waals surface area contributed by atoms with Crippen molar-refractivity contribution in [1.82, 2.24) is 0 Å². The van der Waals surface area contributed by atoms with Gasteiger partial charge in [0.2, 0.25) is 0 Å². The van der Waals surface area contributed by atoms with Gasteiger partial charge in [-0.2, -0.15) is 5.26 Å². The molecule has 2 N–H and O–H groups in total. The fourth-order valence-corrected chi connectivity index (χ4v) is 3.36. The first-order valence-electron chi connectivity index (χ1n) is 8.06. The first-order valence-corrected chi connectivity index (χ1v) is 10.8. The number of aliphatic hydroxyl groups is 2. The number of ketones is 2. The largest absolute Gasteiger partial charge is 0.388 e. The van der Waals surface area contributed by atoms with Crippen LogP contribution in [0, 0.1) is 11.3 Å². The minimum Gasteiger partial charge on any atom is -0.388 e. The average molecular weight is 612 g/mol. The Hall–Kier alpha value is -1.44. The van der Waals surface area contributed by atoms with Gasteiger partial charge in [-0.25, -0.2) is 4.39 Å². The molecule has 0 fully saturated rings. The van der Waals surface area contributed by atoms with Crippen LogP contribution in [0.15, 0.2) is 45.3 Å². The molecule has 0 aliphatic heterocycles. The van der Waals surface area contributed by atoms with E-state index in [9.17, 15) is 14.0 Å². The molecule has 9 heteroatoms. The monoisotopic (exact) mass is 609 g/mol. The van der Waals surface area contributed by atoms with E-state index < -0.39 is 25.7 Å². The minimum absolute atomic E-state index is 0. The summed E-state index contributed by atoms with van der Waals surface area (Å²) in [7, 11) is 0. The van der Waals surface area contributed by atoms with Crippen molar-refractivity contribution in [3.05, 3.63) is 67.6 Å². The van der Waals surface area contributed by atoms with Crippen LogP contribution in [0.4, 0.5) is 4.39 Å². The molecule has 0 atom stereocenters. The standard InChI is InChI=1S/C9H8Br2O2.C9H8BrFO2.C2H3N.CH4/c10-4-6-1-7(9(13)5-12)3-8(11)2-6;10-8-2-6(4-11)1-7(3-8)9(13)5-12;1-2-3;/h2*1-3,12H,4-5H2;1H3;1H4. The van der Waals surface area contributed by atoms with Crippen molar-refractivity contribution in [1.29, 1.82) is 5.26 Å². The Labute approximate surface area is 201 Å². The Morgan fingerprint density at radius 3 is 1.63 bits per heavy atom. The van der Waals surface area contributed by atoms with Gasteiger partial charge < -0.3 is 10.2 Å². The van der Waals surface area contributed by atoms with E-state index in [1.54, 1.807) is 30.3 Å². The number of hydrogen-bond acceptors (Lipinski definition) is 5. The van der Waals surface area contributed by atoms with Crippen LogP contribution in [0.3, 0.4) is 0 Å². The average Bonchev–Trinajstić information content (AvgIpc) is 2.72. The first kappa shape index (κ1) is 30.8. The zero-order chi connectivity index (χ0) is 22.4. The first-order chi connectivity index (χ1) is 13.8. The molecular weight excluding hydrogens is 589 g/mol. The predicted octanol–water partition coefficient (Wildman–Crippen LogP) is 5.78. The van der Waals surface area contributed by atoms with E-state index in [-0.39, 0.29) is 13.2 Å². The van der Waals surface area contributed by atoms with Gasteiger partial charge in [-0.05, 0) is 47.5 Å². The lowest BCUT2D eigenvalue weighted by molar-refractivity contribution is 0.0898. The topological polar surface area (TPSA) is 98.4 Å². The lowest BCUT2D eigenvalue weighted by Crippen LogP contribution is -2.04. The highest BCUT2D eigenvalue weighted by molar-refractivity contribution is 9.10. The predicted molar refractivity (Wildman–Crippen MR) is 127 cm³/mol. The van der Waals surface area contributed by atoms with E-state index in [0.717, 1.165) is 10.0 Å². The van der Waals surface area contributed by atoms with Crippen molar-refractivity contribution >= 4 is 59.4 Å². The molecule has 0 radical (unpaired) electrons. The van der Waals surface area contributed by atoms with Gasteiger partial charge in [0.25, 0.3) is 0 Å². The highest BCUT2D eigenvalue weighted by Gasteiger charge is 2.07. The number of hydrogen-bond donors (Lipinski definition) is 2. The third-order valence-corrected chi connectivity index (χ3v) is 4.72. The normalized spacial score (nSPS) is 9.00. The zero-order valence-corrected chi connectivity index (χ0v) is 20.2. The van der Waals surface area contributed by atoms with Crippen LogP contribution in [-0.4, -0.2) is 35.0 Å². The molecule has 0 saturated carbocycles. The van der Waals surface area contributed by atoms with E-state index >= 15 is 0 Å². The van der Waals surface area contributed by atoms with E-state index in [0.29, 0.717) is 26.5 Å². The van der Waals surface area contributed by atoms with Gasteiger partial charge in [-0.1, -0.05) is 55.2 Å². The quantitative estimate of drug-likeness (QED) is 0.319. The van der Waals surface area contributed by atoms with Gasteiger partial charge in [0.05, 0.1) is 6.07 Å². The zero-order valence-electron chi connectivity index (χ0n) is 15.5. The molecule has 0 unspecified atom stereocenters. The third kappa shape index (κ3) is 11.7. The Balaban J connectivity index is 0. The molecule has 0 aliphatic rings. The lowest BCUT2D eigenvalue weighted by atomic mass is 10.1. The number of carbonyl (C=O) groups is 2. The van der Waals surface area contributed by atoms with E-state index in [4.69, 9.17) is 15.5 Å². The summed E-state index contributed by atoms with van der Waals surface area (Å²) in [4.78, 5) is 22.2. The van der Waals surface area contributed by atoms with Gasteiger partial charge in [0.15, 0.2) is 11.6 Å². The number of aliphatic hydroxyl groups excluding tert-OH is 2. The SMILES string of the molecule is C.CC#N.O=C(CO)c1cc(Br)cc(CBr)c1.O=C(CO)c1cc(Br)cc(CF)c1. The van der Waals surface area contributed by atoms with Crippen molar-refractivity contribution in [2.24, 2.45) is 0 Å². The summed E-state index contributed by atoms with van der Waals surface area (Å²) in [6.07, 6.45) is 0. The summed E-state index contributed by atoms with van der Waals surface area (Å²) < 4.78 is 13.7. The van der Waals surface area contributed by atoms with Crippen molar-refractivity contribution in [2.45, 2.75) is 26.4 Å². The van der Waals surface area contributed by atoms with Crippen LogP contribution in [-0.2, 0) is 12.0 Å². The van der Waals surface area contributed by atoms with Crippen LogP contribution < -0.4 is 0 Å². The number of rotatable bonds is 6. The molecule has 2 aromatic rings. The van der Waals surface area contributed by atoms with Crippen LogP contribution >= 0.6 is 47.8 Å². The molecule has 164 valence electrons. The van der Waals surface area contributed by atoms with Crippen molar-refractivity contribution in [3.63, 3.8) is 0 Å². The van der Waals surface area contributed by atoms with Crippen molar-refractivity contribution < 1.29 is 24.2 Å². The maximum absolute atomic E-state index is 12.3. The van der Waals surface area contributed by atoms with E-state index in [1.165, 1.54) is 13.0 Å². The van der Waals surface area contributed by atoms with Gasteiger partial charge in [0.1, 0.15) is 19.9 Å². The number of carbonyl (C=O) groups excluding carboxylic acids is 2. The second-order valence-corrected chi connectivity index (χ2v) is 7.74. The molecule has 0 bridgehead atoms. The molecule has 0 saturated heterocycles. The maximum Gasteiger partial charge on any atom is 0.188 e. The highest BCUT2D eigenvalue weighted by Crippen LogP contribution is 2.18. The van der Waals surface area contributed by atoms with Gasteiger partial charge in [0, 0.05) is 32.3 Å². The number of nitriles is 1. The van der Waals surface area contributed by atoms with Crippen LogP contribution in [0.1, 0.15) is 46.2 Å². The minimum atomic E-state index is -0.620. The lowest BCUT2D eigenvalue weighted by Gasteiger charge is -2.02. The molecule has 2 aromatic carbocycles. The Kier molecular flexibility index (Phi) is 17.7. The van der Waals surface area contributed by atoms with E-state index in [2.05, 4.69) is 47.8 Å². The number of Topliss-reactive ketones (excluding diaryl/α,β-unsaturated/α-hetero) is 2. The van der Waals surface area contributed by atoms with Gasteiger partial charge in [-0.3, -0.25) is 9.59 Å². The van der Waals surface area contributed by atoms with Gasteiger partial charge in [-0.15, -0.1) is 0 Å². The number of alkyl halides is 2. The molecule has 0 aliphatic carbocycles. The van der Waals surface area contributed by atoms with Crippen molar-refractivity contribution in [2.75, 3.05) is 13.2 Å². The number of benzene rings is 2. The van der Waals surface area contributed by atoms with Gasteiger partial charge >= 0.3 is 0 Å². The van der Waals surface area contributed by atoms with Crippen LogP contribution in [0.2, 0.25) is 0 Å². The smallest absolute Gasteiger partial charge is 0.188 e. The molecular formula is C21H23Br3FNO4. The summed E-state index contributed by atoms with van der Waals surface area (Å²) in [6, 6.07) is 11.7. The summed E-state index contributed by atoms with van der Waals surface area (Å²) in [5, 5.41) is 25.3. The van der Waals surface area contributed by atoms with E-state index in [1.807, 2.05) is 6.07 Å². The molecule has 5 nitrogen and oxygen atoms in total. The fourth-order valence-electron chi connectivity index (χ4n) is 1.96. The Morgan fingerprint density at radius 2 is 1.30 bits per heavy atom. The Bertz CT molecular complexity index is 804. The second kappa shape index (κ2) is 17.3. The number of nitrogens with zero attached hydrogens (tertiary/aromatic N) is 1. The van der Waals surface area contributed by atoms with Crippen molar-refractivity contribution in [3.8, 4) is 6.07 Å². The fraction of sp³-hybridized carbons (Fsp3) is 0.286. The molecule has 0 spiro atoms. The van der Waals surface area contributed by atoms with Crippen LogP contribution in [0.5, 0.6) is 0 Å².